The van der Waals surface area contributed by atoms with Gasteiger partial charge in [-0.15, -0.1) is 0 Å². The molecule has 0 saturated carbocycles. The average Bonchev–Trinajstić information content (AvgIpc) is 2.08. The van der Waals surface area contributed by atoms with Gasteiger partial charge in [0.25, 0.3) is 0 Å². The van der Waals surface area contributed by atoms with Crippen molar-refractivity contribution in [2.75, 3.05) is 7.05 Å². The molecule has 4 heteroatoms. The van der Waals surface area contributed by atoms with E-state index in [1.807, 2.05) is 0 Å². The Morgan fingerprint density at radius 3 is 3.00 bits per heavy atom. The molecule has 64 valence electrons. The van der Waals surface area contributed by atoms with Gasteiger partial charge in [-0.25, -0.2) is 0 Å². The molecule has 1 aromatic rings. The topological polar surface area (TPSA) is 62.0 Å². The molecule has 1 rings (SSSR count). The molecular weight excluding hydrogens is 156 g/mol. The highest BCUT2D eigenvalue weighted by molar-refractivity contribution is 5.76. The molecule has 0 spiro atoms. The first-order valence-corrected chi connectivity index (χ1v) is 3.59. The third-order valence-corrected chi connectivity index (χ3v) is 1.54. The van der Waals surface area contributed by atoms with E-state index in [1.54, 1.807) is 13.2 Å². The van der Waals surface area contributed by atoms with Crippen LogP contribution in [0.15, 0.2) is 17.1 Å². The molecular formula is C8H10N2O2. The Morgan fingerprint density at radius 2 is 2.42 bits per heavy atom. The average molecular weight is 166 g/mol. The van der Waals surface area contributed by atoms with Crippen molar-refractivity contribution in [3.8, 4) is 0 Å². The number of aromatic amines is 1. The Hall–Kier alpha value is -1.42. The van der Waals surface area contributed by atoms with Gasteiger partial charge in [0.15, 0.2) is 6.29 Å². The van der Waals surface area contributed by atoms with E-state index in [0.717, 1.165) is 5.56 Å². The van der Waals surface area contributed by atoms with Crippen molar-refractivity contribution in [1.82, 2.24) is 10.3 Å². The number of carbonyl (C=O) groups excluding carboxylic acids is 1. The van der Waals surface area contributed by atoms with E-state index < -0.39 is 0 Å². The Kier molecular flexibility index (Phi) is 2.76. The Balaban J connectivity index is 3.10. The third-order valence-electron chi connectivity index (χ3n) is 1.54. The van der Waals surface area contributed by atoms with E-state index >= 15 is 0 Å². The fraction of sp³-hybridized carbons (Fsp3) is 0.250. The molecule has 0 bridgehead atoms. The summed E-state index contributed by atoms with van der Waals surface area (Å²) >= 11 is 0. The first-order valence-electron chi connectivity index (χ1n) is 3.59. The zero-order chi connectivity index (χ0) is 8.97. The van der Waals surface area contributed by atoms with E-state index in [1.165, 1.54) is 6.07 Å². The number of H-pyrrole nitrogens is 1. The normalized spacial score (nSPS) is 9.75. The highest BCUT2D eigenvalue weighted by atomic mass is 16.1. The lowest BCUT2D eigenvalue weighted by Crippen LogP contribution is -2.12. The van der Waals surface area contributed by atoms with Crippen LogP contribution < -0.4 is 10.9 Å². The standard InChI is InChI=1S/C8H10N2O2/c1-9-3-7-4-10-8(12)2-6(7)5-11/h2,4-5,9H,3H2,1H3,(H,10,12). The van der Waals surface area contributed by atoms with Crippen LogP contribution in [0.5, 0.6) is 0 Å². The minimum absolute atomic E-state index is 0.253. The van der Waals surface area contributed by atoms with Crippen LogP contribution in [-0.4, -0.2) is 18.3 Å². The second kappa shape index (κ2) is 3.82. The summed E-state index contributed by atoms with van der Waals surface area (Å²) in [7, 11) is 1.78. The lowest BCUT2D eigenvalue weighted by Gasteiger charge is -2.01. The molecule has 1 aromatic heterocycles. The first-order chi connectivity index (χ1) is 5.77. The van der Waals surface area contributed by atoms with Crippen LogP contribution in [0, 0.1) is 0 Å². The van der Waals surface area contributed by atoms with Crippen molar-refractivity contribution in [3.05, 3.63) is 33.7 Å². The van der Waals surface area contributed by atoms with Crippen molar-refractivity contribution in [2.45, 2.75) is 6.54 Å². The monoisotopic (exact) mass is 166 g/mol. The highest BCUT2D eigenvalue weighted by Gasteiger charge is 1.99. The van der Waals surface area contributed by atoms with Crippen LogP contribution >= 0.6 is 0 Å². The molecule has 4 nitrogen and oxygen atoms in total. The molecule has 0 atom stereocenters. The number of aromatic nitrogens is 1. The van der Waals surface area contributed by atoms with Gasteiger partial charge in [0.05, 0.1) is 0 Å². The molecule has 0 aromatic carbocycles. The molecule has 0 radical (unpaired) electrons. The summed E-state index contributed by atoms with van der Waals surface area (Å²) in [6.07, 6.45) is 2.23. The first kappa shape index (κ1) is 8.67. The number of pyridine rings is 1. The zero-order valence-electron chi connectivity index (χ0n) is 6.76. The maximum atomic E-state index is 10.8. The smallest absolute Gasteiger partial charge is 0.248 e. The summed E-state index contributed by atoms with van der Waals surface area (Å²) < 4.78 is 0. The lowest BCUT2D eigenvalue weighted by molar-refractivity contribution is 0.112. The summed E-state index contributed by atoms with van der Waals surface area (Å²) in [4.78, 5) is 23.7. The molecule has 0 unspecified atom stereocenters. The van der Waals surface area contributed by atoms with Gasteiger partial charge in [-0.2, -0.15) is 0 Å². The van der Waals surface area contributed by atoms with Crippen LogP contribution in [0.1, 0.15) is 15.9 Å². The summed E-state index contributed by atoms with van der Waals surface area (Å²) in [6.45, 7) is 0.574. The number of hydrogen-bond donors (Lipinski definition) is 2. The lowest BCUT2D eigenvalue weighted by atomic mass is 10.1. The van der Waals surface area contributed by atoms with E-state index in [0.29, 0.717) is 18.4 Å². The SMILES string of the molecule is CNCc1c[nH]c(=O)cc1C=O. The Labute approximate surface area is 69.6 Å². The fourth-order valence-corrected chi connectivity index (χ4v) is 0.970. The van der Waals surface area contributed by atoms with Gasteiger partial charge < -0.3 is 10.3 Å². The van der Waals surface area contributed by atoms with Crippen molar-refractivity contribution in [1.29, 1.82) is 0 Å². The highest BCUT2D eigenvalue weighted by Crippen LogP contribution is 1.99. The van der Waals surface area contributed by atoms with Gasteiger partial charge in [0, 0.05) is 24.4 Å². The van der Waals surface area contributed by atoms with Crippen LogP contribution in [0.25, 0.3) is 0 Å². The van der Waals surface area contributed by atoms with Crippen LogP contribution in [0.4, 0.5) is 0 Å². The summed E-state index contributed by atoms with van der Waals surface area (Å²) in [5, 5.41) is 2.90. The molecule has 0 aliphatic heterocycles. The van der Waals surface area contributed by atoms with Gasteiger partial charge in [-0.3, -0.25) is 9.59 Å². The number of aldehydes is 1. The van der Waals surface area contributed by atoms with Gasteiger partial charge in [0.1, 0.15) is 0 Å². The van der Waals surface area contributed by atoms with E-state index in [-0.39, 0.29) is 5.56 Å². The minimum Gasteiger partial charge on any atom is -0.329 e. The molecule has 2 N–H and O–H groups in total. The summed E-state index contributed by atoms with van der Waals surface area (Å²) in [5.41, 5.74) is 0.983. The quantitative estimate of drug-likeness (QED) is 0.617. The van der Waals surface area contributed by atoms with Crippen LogP contribution in [0.3, 0.4) is 0 Å². The fourth-order valence-electron chi connectivity index (χ4n) is 0.970. The van der Waals surface area contributed by atoms with Crippen LogP contribution in [-0.2, 0) is 6.54 Å². The van der Waals surface area contributed by atoms with Gasteiger partial charge in [-0.05, 0) is 12.6 Å². The summed E-state index contributed by atoms with van der Waals surface area (Å²) in [6, 6.07) is 1.29. The molecule has 0 aliphatic rings. The molecule has 0 saturated heterocycles. The van der Waals surface area contributed by atoms with Crippen molar-refractivity contribution < 1.29 is 4.79 Å². The molecule has 0 aliphatic carbocycles. The van der Waals surface area contributed by atoms with E-state index in [2.05, 4.69) is 10.3 Å². The second-order valence-corrected chi connectivity index (χ2v) is 2.43. The van der Waals surface area contributed by atoms with Gasteiger partial charge >= 0.3 is 0 Å². The predicted octanol–water partition coefficient (Wildman–Crippen LogP) is -0.0932. The molecule has 0 fully saturated rings. The van der Waals surface area contributed by atoms with Gasteiger partial charge in [0.2, 0.25) is 5.56 Å². The second-order valence-electron chi connectivity index (χ2n) is 2.43. The number of carbonyl (C=O) groups is 1. The Bertz CT molecular complexity index is 330. The maximum absolute atomic E-state index is 10.8. The molecule has 1 heterocycles. The molecule has 12 heavy (non-hydrogen) atoms. The van der Waals surface area contributed by atoms with Crippen molar-refractivity contribution >= 4 is 6.29 Å². The molecule has 0 amide bonds. The van der Waals surface area contributed by atoms with E-state index in [4.69, 9.17) is 0 Å². The van der Waals surface area contributed by atoms with Crippen molar-refractivity contribution in [2.24, 2.45) is 0 Å². The largest absolute Gasteiger partial charge is 0.329 e. The van der Waals surface area contributed by atoms with E-state index in [9.17, 15) is 9.59 Å². The summed E-state index contributed by atoms with van der Waals surface area (Å²) in [5.74, 6) is 0. The van der Waals surface area contributed by atoms with Gasteiger partial charge in [-0.1, -0.05) is 0 Å². The maximum Gasteiger partial charge on any atom is 0.248 e. The van der Waals surface area contributed by atoms with Crippen LogP contribution in [0.2, 0.25) is 0 Å². The predicted molar refractivity (Wildman–Crippen MR) is 45.2 cm³/mol. The number of hydrogen-bond acceptors (Lipinski definition) is 3. The zero-order valence-corrected chi connectivity index (χ0v) is 6.76. The number of rotatable bonds is 3. The third kappa shape index (κ3) is 1.79. The Morgan fingerprint density at radius 1 is 1.67 bits per heavy atom. The minimum atomic E-state index is -0.253. The van der Waals surface area contributed by atoms with Crippen molar-refractivity contribution in [3.63, 3.8) is 0 Å². The number of nitrogens with one attached hydrogen (secondary N) is 2.